The number of halogens is 2. The van der Waals surface area contributed by atoms with Crippen molar-refractivity contribution >= 4 is 34.8 Å². The van der Waals surface area contributed by atoms with Crippen LogP contribution in [0.25, 0.3) is 16.9 Å². The minimum atomic E-state index is 0. The molecule has 0 aliphatic rings. The van der Waals surface area contributed by atoms with Gasteiger partial charge < -0.3 is 22.7 Å². The summed E-state index contributed by atoms with van der Waals surface area (Å²) in [6.45, 7) is 4.65. The molecule has 0 spiro atoms. The Hall–Kier alpha value is -2.19. The molecule has 0 unspecified atom stereocenters. The summed E-state index contributed by atoms with van der Waals surface area (Å²) in [4.78, 5) is 4.01. The fourth-order valence-electron chi connectivity index (χ4n) is 2.74. The lowest BCUT2D eigenvalue weighted by atomic mass is 10.1. The molecule has 6 nitrogen and oxygen atoms in total. The molecule has 3 N–H and O–H groups in total. The van der Waals surface area contributed by atoms with Crippen molar-refractivity contribution in [2.24, 2.45) is 22.9 Å². The van der Waals surface area contributed by atoms with Gasteiger partial charge in [0.05, 0.1) is 19.5 Å². The molecule has 2 heterocycles. The van der Waals surface area contributed by atoms with Gasteiger partial charge in [0.1, 0.15) is 6.20 Å². The number of hydrogen-bond donors (Lipinski definition) is 2. The highest BCUT2D eigenvalue weighted by molar-refractivity contribution is 8.93. The van der Waals surface area contributed by atoms with E-state index in [2.05, 4.69) is 75.1 Å². The Kier molecular flexibility index (Phi) is 8.65. The Morgan fingerprint density at radius 1 is 1.19 bits per heavy atom. The van der Waals surface area contributed by atoms with Gasteiger partial charge in [0.15, 0.2) is 5.69 Å². The molecular formula is C19H24Br2N6. The maximum atomic E-state index is 5.63. The van der Waals surface area contributed by atoms with Crippen LogP contribution in [0.4, 0.5) is 0 Å². The van der Waals surface area contributed by atoms with Crippen LogP contribution >= 0.6 is 17.0 Å². The van der Waals surface area contributed by atoms with Gasteiger partial charge >= 0.3 is 0 Å². The average molecular weight is 496 g/mol. The fraction of sp³-hybridized carbons (Fsp3) is 0.211. The summed E-state index contributed by atoms with van der Waals surface area (Å²) in [5.41, 5.74) is 14.0. The van der Waals surface area contributed by atoms with Crippen molar-refractivity contribution in [2.75, 3.05) is 6.54 Å². The molecule has 0 radical (unpaired) electrons. The molecule has 0 aliphatic carbocycles. The van der Waals surface area contributed by atoms with Crippen LogP contribution in [0.5, 0.6) is 0 Å². The molecule has 0 aliphatic heterocycles. The molecular weight excluding hydrogens is 472 g/mol. The van der Waals surface area contributed by atoms with Crippen LogP contribution in [0.3, 0.4) is 0 Å². The van der Waals surface area contributed by atoms with Crippen LogP contribution in [-0.2, 0) is 7.05 Å². The molecule has 8 heteroatoms. The zero-order valence-electron chi connectivity index (χ0n) is 15.6. The van der Waals surface area contributed by atoms with E-state index < -0.39 is 0 Å². The highest BCUT2D eigenvalue weighted by Crippen LogP contribution is 2.20. The van der Waals surface area contributed by atoms with Crippen LogP contribution in [0.1, 0.15) is 18.1 Å². The van der Waals surface area contributed by atoms with Gasteiger partial charge in [-0.25, -0.2) is 14.4 Å². The van der Waals surface area contributed by atoms with Gasteiger partial charge in [0.2, 0.25) is 5.96 Å². The van der Waals surface area contributed by atoms with Crippen molar-refractivity contribution in [3.63, 3.8) is 0 Å². The number of imidazole rings is 1. The second-order valence-corrected chi connectivity index (χ2v) is 5.90. The predicted octanol–water partition coefficient (Wildman–Crippen LogP) is -0.421. The van der Waals surface area contributed by atoms with Gasteiger partial charge in [0, 0.05) is 18.2 Å². The molecule has 2 aromatic heterocycles. The number of nitrogens with zero attached hydrogens (tertiary/aromatic N) is 4. The van der Waals surface area contributed by atoms with E-state index in [4.69, 9.17) is 5.73 Å². The maximum absolute atomic E-state index is 5.63. The second-order valence-electron chi connectivity index (χ2n) is 5.90. The number of aliphatic imine (C=N–C) groups is 1. The molecule has 1 aromatic carbocycles. The molecule has 0 fully saturated rings. The quantitative estimate of drug-likeness (QED) is 0.223. The summed E-state index contributed by atoms with van der Waals surface area (Å²) in [5.74, 6) is 0.318. The van der Waals surface area contributed by atoms with Gasteiger partial charge in [0.25, 0.3) is 5.65 Å². The van der Waals surface area contributed by atoms with E-state index in [0.29, 0.717) is 12.5 Å². The third kappa shape index (κ3) is 5.40. The summed E-state index contributed by atoms with van der Waals surface area (Å²) < 4.78 is 4.34. The number of benzene rings is 1. The third-order valence-electron chi connectivity index (χ3n) is 4.00. The number of nitrogens with two attached hydrogens (primary N) is 1. The zero-order chi connectivity index (χ0) is 17.8. The first-order chi connectivity index (χ1) is 12.1. The SMILES string of the molecule is Br.CCN=C(N)N/N=C/c1ccc(-c2c[n+]3cc(C)ccc3n2C)cc1.[Br-]. The summed E-state index contributed by atoms with van der Waals surface area (Å²) in [6, 6.07) is 12.5. The van der Waals surface area contributed by atoms with E-state index in [9.17, 15) is 0 Å². The van der Waals surface area contributed by atoms with Crippen molar-refractivity contribution in [3.05, 3.63) is 59.9 Å². The number of aromatic nitrogens is 2. The summed E-state index contributed by atoms with van der Waals surface area (Å²) >= 11 is 0. The van der Waals surface area contributed by atoms with Crippen LogP contribution in [-0.4, -0.2) is 23.3 Å². The second kappa shape index (κ2) is 10.2. The molecule has 27 heavy (non-hydrogen) atoms. The minimum Gasteiger partial charge on any atom is -1.00 e. The normalized spacial score (nSPS) is 11.3. The first-order valence-electron chi connectivity index (χ1n) is 8.25. The van der Waals surface area contributed by atoms with Crippen LogP contribution < -0.4 is 32.5 Å². The summed E-state index contributed by atoms with van der Waals surface area (Å²) in [5, 5.41) is 4.08. The van der Waals surface area contributed by atoms with Gasteiger partial charge in [-0.2, -0.15) is 5.10 Å². The largest absolute Gasteiger partial charge is 1.00 e. The Morgan fingerprint density at radius 2 is 1.89 bits per heavy atom. The number of hydrogen-bond acceptors (Lipinski definition) is 2. The van der Waals surface area contributed by atoms with Crippen molar-refractivity contribution in [3.8, 4) is 11.3 Å². The van der Waals surface area contributed by atoms with Crippen molar-refractivity contribution < 1.29 is 21.4 Å². The van der Waals surface area contributed by atoms with Crippen molar-refractivity contribution in [2.45, 2.75) is 13.8 Å². The highest BCUT2D eigenvalue weighted by atomic mass is 79.9. The van der Waals surface area contributed by atoms with Crippen LogP contribution in [0, 0.1) is 6.92 Å². The summed E-state index contributed by atoms with van der Waals surface area (Å²) in [7, 11) is 2.08. The highest BCUT2D eigenvalue weighted by Gasteiger charge is 2.15. The molecule has 3 rings (SSSR count). The Bertz CT molecular complexity index is 945. The zero-order valence-corrected chi connectivity index (χ0v) is 18.9. The first-order valence-corrected chi connectivity index (χ1v) is 8.25. The number of nitrogens with one attached hydrogen (secondary N) is 1. The first kappa shape index (κ1) is 22.9. The number of pyridine rings is 1. The van der Waals surface area contributed by atoms with E-state index in [1.165, 1.54) is 5.56 Å². The van der Waals surface area contributed by atoms with Crippen LogP contribution in [0.15, 0.2) is 58.9 Å². The molecule has 3 aromatic rings. The molecule has 0 bridgehead atoms. The standard InChI is InChI=1S/C19H23N6.2BrH/c1-4-21-19(20)23-22-11-15-6-8-16(9-7-15)17-13-25-12-14(2)5-10-18(25)24(17)3;;/h5-13H,4H2,1-3H3,(H3,20,21,23);2*1H/q+1;;/p-1/b22-11+;;. The van der Waals surface area contributed by atoms with Gasteiger partial charge in [-0.15, -0.1) is 17.0 Å². The maximum Gasteiger partial charge on any atom is 0.286 e. The summed E-state index contributed by atoms with van der Waals surface area (Å²) in [6.07, 6.45) is 6.00. The Balaban J connectivity index is 0.00000182. The van der Waals surface area contributed by atoms with Crippen molar-refractivity contribution in [1.82, 2.24) is 9.99 Å². The number of fused-ring (bicyclic) bond motifs is 1. The number of rotatable bonds is 4. The minimum absolute atomic E-state index is 0. The van der Waals surface area contributed by atoms with E-state index in [1.807, 2.05) is 19.1 Å². The average Bonchev–Trinajstić information content (AvgIpc) is 2.92. The Labute approximate surface area is 180 Å². The van der Waals surface area contributed by atoms with Gasteiger partial charge in [-0.3, -0.25) is 4.99 Å². The van der Waals surface area contributed by atoms with E-state index in [0.717, 1.165) is 22.5 Å². The van der Waals surface area contributed by atoms with E-state index in [1.54, 1.807) is 6.21 Å². The number of guanidine groups is 1. The van der Waals surface area contributed by atoms with Crippen molar-refractivity contribution in [1.29, 1.82) is 0 Å². The third-order valence-corrected chi connectivity index (χ3v) is 4.00. The molecule has 0 saturated carbocycles. The fourth-order valence-corrected chi connectivity index (χ4v) is 2.74. The monoisotopic (exact) mass is 494 g/mol. The molecule has 0 saturated heterocycles. The van der Waals surface area contributed by atoms with Crippen LogP contribution in [0.2, 0.25) is 0 Å². The smallest absolute Gasteiger partial charge is 0.286 e. The molecule has 0 atom stereocenters. The van der Waals surface area contributed by atoms with E-state index >= 15 is 0 Å². The lowest BCUT2D eigenvalue weighted by Gasteiger charge is -2.00. The Morgan fingerprint density at radius 3 is 2.56 bits per heavy atom. The predicted molar refractivity (Wildman–Crippen MR) is 112 cm³/mol. The topological polar surface area (TPSA) is 71.8 Å². The van der Waals surface area contributed by atoms with Gasteiger partial charge in [-0.05, 0) is 43.2 Å². The lowest BCUT2D eigenvalue weighted by Crippen LogP contribution is -3.00. The molecule has 144 valence electrons. The van der Waals surface area contributed by atoms with E-state index in [-0.39, 0.29) is 34.0 Å². The number of aryl methyl sites for hydroxylation is 2. The lowest BCUT2D eigenvalue weighted by molar-refractivity contribution is -0.510. The molecule has 0 amide bonds. The number of hydrazone groups is 1. The van der Waals surface area contributed by atoms with Gasteiger partial charge in [-0.1, -0.05) is 12.1 Å².